The van der Waals surface area contributed by atoms with E-state index in [1.54, 1.807) is 54.6 Å². The number of aromatic nitrogens is 1. The van der Waals surface area contributed by atoms with E-state index < -0.39 is 152 Å². The van der Waals surface area contributed by atoms with Crippen molar-refractivity contribution in [3.8, 4) is 0 Å². The molecule has 0 saturated carbocycles. The van der Waals surface area contributed by atoms with Gasteiger partial charge in [-0.15, -0.1) is 0 Å². The average molecular weight is 941 g/mol. The maximum absolute atomic E-state index is 13.9. The summed E-state index contributed by atoms with van der Waals surface area (Å²) in [5.74, 6) is -17.9. The van der Waals surface area contributed by atoms with E-state index in [9.17, 15) is 83.1 Å². The number of hydrogen-bond acceptors (Lipinski definition) is 13. The molecule has 0 aliphatic rings. The molecule has 1 heterocycles. The van der Waals surface area contributed by atoms with E-state index in [1.807, 2.05) is 21.3 Å². The second-order valence-electron chi connectivity index (χ2n) is 14.9. The van der Waals surface area contributed by atoms with Crippen molar-refractivity contribution in [2.24, 2.45) is 5.73 Å². The molecule has 0 aliphatic carbocycles. The van der Waals surface area contributed by atoms with Gasteiger partial charge in [0.15, 0.2) is 0 Å². The molecular formula is C41H48N8O18. The fraction of sp³-hybridized carbons (Fsp3) is 0.366. The molecule has 3 rings (SSSR count). The van der Waals surface area contributed by atoms with E-state index in [-0.39, 0.29) is 12.8 Å². The normalized spacial score (nSPS) is 14.0. The fourth-order valence-electron chi connectivity index (χ4n) is 6.37. The molecule has 2 aromatic carbocycles. The minimum absolute atomic E-state index is 0.189. The molecule has 0 aliphatic heterocycles. The van der Waals surface area contributed by atoms with Crippen LogP contribution < -0.4 is 37.6 Å². The lowest BCUT2D eigenvalue weighted by molar-refractivity contribution is -0.145. The van der Waals surface area contributed by atoms with Gasteiger partial charge in [0, 0.05) is 36.4 Å². The summed E-state index contributed by atoms with van der Waals surface area (Å²) in [4.78, 5) is 154. The molecule has 3 aromatic rings. The highest BCUT2D eigenvalue weighted by Crippen LogP contribution is 2.20. The van der Waals surface area contributed by atoms with Crippen molar-refractivity contribution in [1.82, 2.24) is 36.9 Å². The van der Waals surface area contributed by atoms with Crippen molar-refractivity contribution >= 4 is 82.2 Å². The maximum atomic E-state index is 13.9. The minimum atomic E-state index is -2.25. The summed E-state index contributed by atoms with van der Waals surface area (Å²) in [6.45, 7) is 0. The standard InChI is InChI=1S/C41H48N8O18/c42-22(10-11-30(50)51)35(60)44-25(14-31(52)53)37(62)46-27(16-33(56)57)39(64)48-28(17-34(58)59)40(65)47-26(15-32(54)55)38(63)45-24(13-20-18-43-23-9-5-4-8-21(20)23)36(61)49-29(41(66)67)12-19-6-2-1-3-7-19/h1-9,18,22,24-29,43H,10-17,42H2,(H,44,60)(H,45,63)(H,46,62)(H,47,65)(H,48,64)(H,49,61)(H,50,51)(H,52,53)(H,54,55)(H,56,57)(H,58,59)(H,66,67)/t22-,24-,25-,26-,27-,28-,29-/m0/s1. The van der Waals surface area contributed by atoms with Crippen LogP contribution in [-0.4, -0.2) is 149 Å². The van der Waals surface area contributed by atoms with Gasteiger partial charge in [-0.05, 0) is 23.6 Å². The van der Waals surface area contributed by atoms with Crippen molar-refractivity contribution in [3.63, 3.8) is 0 Å². The Kier molecular flexibility index (Phi) is 19.9. The maximum Gasteiger partial charge on any atom is 0.326 e. The van der Waals surface area contributed by atoms with Gasteiger partial charge in [-0.1, -0.05) is 48.5 Å². The van der Waals surface area contributed by atoms with Crippen molar-refractivity contribution in [3.05, 3.63) is 71.9 Å². The van der Waals surface area contributed by atoms with Crippen molar-refractivity contribution < 1.29 is 88.2 Å². The Labute approximate surface area is 378 Å². The molecule has 7 atom stereocenters. The van der Waals surface area contributed by atoms with Crippen molar-refractivity contribution in [2.75, 3.05) is 0 Å². The number of amides is 6. The number of fused-ring (bicyclic) bond motifs is 1. The van der Waals surface area contributed by atoms with E-state index in [4.69, 9.17) is 10.8 Å². The molecule has 0 unspecified atom stereocenters. The summed E-state index contributed by atoms with van der Waals surface area (Å²) in [6, 6.07) is 1.59. The van der Waals surface area contributed by atoms with Crippen LogP contribution in [0, 0.1) is 0 Å². The van der Waals surface area contributed by atoms with Crippen molar-refractivity contribution in [2.45, 2.75) is 93.7 Å². The van der Waals surface area contributed by atoms with Gasteiger partial charge >= 0.3 is 35.8 Å². The minimum Gasteiger partial charge on any atom is -0.481 e. The molecule has 0 radical (unpaired) electrons. The van der Waals surface area contributed by atoms with Crippen LogP contribution in [0.5, 0.6) is 0 Å². The topological polar surface area (TPSA) is 440 Å². The van der Waals surface area contributed by atoms with Crippen molar-refractivity contribution in [1.29, 1.82) is 0 Å². The first-order valence-corrected chi connectivity index (χ1v) is 20.0. The van der Waals surface area contributed by atoms with Gasteiger partial charge in [-0.25, -0.2) is 4.79 Å². The van der Waals surface area contributed by atoms with Gasteiger partial charge in [0.25, 0.3) is 0 Å². The monoisotopic (exact) mass is 940 g/mol. The van der Waals surface area contributed by atoms with Gasteiger partial charge in [0.1, 0.15) is 36.3 Å². The van der Waals surface area contributed by atoms with Crippen LogP contribution in [0.25, 0.3) is 10.9 Å². The second kappa shape index (κ2) is 25.2. The quantitative estimate of drug-likeness (QED) is 0.0346. The van der Waals surface area contributed by atoms with Crippen LogP contribution in [0.3, 0.4) is 0 Å². The first-order chi connectivity index (χ1) is 31.5. The number of benzene rings is 2. The average Bonchev–Trinajstić information content (AvgIpc) is 3.65. The molecule has 0 spiro atoms. The van der Waals surface area contributed by atoms with Crippen LogP contribution in [0.4, 0.5) is 0 Å². The number of aromatic amines is 1. The third-order valence-corrected chi connectivity index (χ3v) is 9.68. The van der Waals surface area contributed by atoms with Crippen LogP contribution >= 0.6 is 0 Å². The van der Waals surface area contributed by atoms with Gasteiger partial charge < -0.3 is 73.3 Å². The third-order valence-electron chi connectivity index (χ3n) is 9.68. The highest BCUT2D eigenvalue weighted by atomic mass is 16.4. The van der Waals surface area contributed by atoms with E-state index in [0.717, 1.165) is 0 Å². The number of H-pyrrole nitrogens is 1. The Morgan fingerprint density at radius 1 is 0.463 bits per heavy atom. The molecule has 26 heteroatoms. The number of carbonyl (C=O) groups is 12. The van der Waals surface area contributed by atoms with E-state index >= 15 is 0 Å². The zero-order chi connectivity index (χ0) is 50.0. The zero-order valence-corrected chi connectivity index (χ0v) is 35.1. The Morgan fingerprint density at radius 2 is 0.851 bits per heavy atom. The number of nitrogens with two attached hydrogens (primary N) is 1. The second-order valence-corrected chi connectivity index (χ2v) is 14.9. The molecule has 67 heavy (non-hydrogen) atoms. The lowest BCUT2D eigenvalue weighted by atomic mass is 10.0. The number of carboxylic acids is 6. The lowest BCUT2D eigenvalue weighted by Crippen LogP contribution is -2.60. The van der Waals surface area contributed by atoms with Gasteiger partial charge in [0.2, 0.25) is 35.4 Å². The van der Waals surface area contributed by atoms with E-state index in [1.165, 1.54) is 6.20 Å². The molecule has 360 valence electrons. The lowest BCUT2D eigenvalue weighted by Gasteiger charge is -2.26. The van der Waals surface area contributed by atoms with Gasteiger partial charge in [-0.2, -0.15) is 0 Å². The Hall–Kier alpha value is -8.42. The summed E-state index contributed by atoms with van der Waals surface area (Å²) in [7, 11) is 0. The zero-order valence-electron chi connectivity index (χ0n) is 35.1. The predicted octanol–water partition coefficient (Wildman–Crippen LogP) is -2.96. The first kappa shape index (κ1) is 52.9. The summed E-state index contributed by atoms with van der Waals surface area (Å²) in [5, 5.41) is 69.9. The van der Waals surface area contributed by atoms with E-state index in [2.05, 4.69) is 15.6 Å². The molecule has 0 saturated heterocycles. The number of rotatable bonds is 28. The third kappa shape index (κ3) is 17.6. The number of hydrogen-bond donors (Lipinski definition) is 14. The molecule has 6 amide bonds. The Morgan fingerprint density at radius 3 is 1.28 bits per heavy atom. The summed E-state index contributed by atoms with van der Waals surface area (Å²) in [6.07, 6.45) is -5.02. The molecular weight excluding hydrogens is 892 g/mol. The molecule has 0 bridgehead atoms. The van der Waals surface area contributed by atoms with Crippen LogP contribution in [0.15, 0.2) is 60.8 Å². The smallest absolute Gasteiger partial charge is 0.326 e. The van der Waals surface area contributed by atoms with Crippen LogP contribution in [0.2, 0.25) is 0 Å². The fourth-order valence-corrected chi connectivity index (χ4v) is 6.37. The summed E-state index contributed by atoms with van der Waals surface area (Å²) >= 11 is 0. The SMILES string of the molecule is N[C@@H](CCC(=O)O)C(=O)N[C@@H](CC(=O)O)C(=O)N[C@@H](CC(=O)O)C(=O)N[C@@H](CC(=O)O)C(=O)N[C@@H](CC(=O)O)C(=O)N[C@@H](Cc1c[nH]c2ccccc12)C(=O)N[C@@H](Cc1ccccc1)C(=O)O. The summed E-state index contributed by atoms with van der Waals surface area (Å²) < 4.78 is 0. The number of carboxylic acid groups (broad SMARTS) is 6. The van der Waals surface area contributed by atoms with Crippen LogP contribution in [-0.2, 0) is 70.4 Å². The molecule has 26 nitrogen and oxygen atoms in total. The van der Waals surface area contributed by atoms with Gasteiger partial charge in [-0.3, -0.25) is 52.7 Å². The van der Waals surface area contributed by atoms with Gasteiger partial charge in [0.05, 0.1) is 31.7 Å². The van der Waals surface area contributed by atoms with E-state index in [0.29, 0.717) is 22.0 Å². The molecule has 15 N–H and O–H groups in total. The highest BCUT2D eigenvalue weighted by molar-refractivity contribution is 6.00. The predicted molar refractivity (Wildman–Crippen MR) is 225 cm³/mol. The number of aliphatic carboxylic acids is 6. The first-order valence-electron chi connectivity index (χ1n) is 20.0. The Bertz CT molecular complexity index is 2350. The number of para-hydroxylation sites is 1. The highest BCUT2D eigenvalue weighted by Gasteiger charge is 2.36. The summed E-state index contributed by atoms with van der Waals surface area (Å²) in [5.41, 5.74) is 7.20. The largest absolute Gasteiger partial charge is 0.481 e. The molecule has 1 aromatic heterocycles. The molecule has 0 fully saturated rings. The number of nitrogens with one attached hydrogen (secondary N) is 7. The van der Waals surface area contributed by atoms with Crippen LogP contribution in [0.1, 0.15) is 49.7 Å². The Balaban J connectivity index is 1.89. The number of carbonyl (C=O) groups excluding carboxylic acids is 6.